The third-order valence-corrected chi connectivity index (χ3v) is 3.64. The van der Waals surface area contributed by atoms with E-state index < -0.39 is 0 Å². The molecule has 0 amide bonds. The van der Waals surface area contributed by atoms with Crippen molar-refractivity contribution in [2.75, 3.05) is 46.3 Å². The minimum absolute atomic E-state index is 0. The summed E-state index contributed by atoms with van der Waals surface area (Å²) in [5.74, 6) is 0.984. The van der Waals surface area contributed by atoms with E-state index in [1.165, 1.54) is 19.5 Å². The highest BCUT2D eigenvalue weighted by atomic mass is 127. The Morgan fingerprint density at radius 2 is 1.94 bits per heavy atom. The Morgan fingerprint density at radius 1 is 1.28 bits per heavy atom. The lowest BCUT2D eigenvalue weighted by Gasteiger charge is -2.34. The van der Waals surface area contributed by atoms with Crippen LogP contribution in [0.15, 0.2) is 4.99 Å². The fraction of sp³-hybridized carbons (Fsp3) is 0.917. The second-order valence-electron chi connectivity index (χ2n) is 4.89. The second-order valence-corrected chi connectivity index (χ2v) is 4.89. The zero-order valence-electron chi connectivity index (χ0n) is 11.1. The number of hydrogen-bond acceptors (Lipinski definition) is 3. The van der Waals surface area contributed by atoms with E-state index in [0.29, 0.717) is 0 Å². The van der Waals surface area contributed by atoms with Crippen molar-refractivity contribution in [2.45, 2.75) is 25.4 Å². The predicted molar refractivity (Wildman–Crippen MR) is 84.6 cm³/mol. The van der Waals surface area contributed by atoms with Crippen molar-refractivity contribution >= 4 is 29.9 Å². The number of nitrogens with one attached hydrogen (secondary N) is 1. The van der Waals surface area contributed by atoms with E-state index >= 15 is 0 Å². The van der Waals surface area contributed by atoms with Gasteiger partial charge in [-0.3, -0.25) is 4.99 Å². The summed E-state index contributed by atoms with van der Waals surface area (Å²) < 4.78 is 0. The summed E-state index contributed by atoms with van der Waals surface area (Å²) in [4.78, 5) is 8.99. The number of aliphatic hydroxyl groups is 1. The number of halogens is 1. The van der Waals surface area contributed by atoms with Gasteiger partial charge in [-0.25, -0.2) is 0 Å². The summed E-state index contributed by atoms with van der Waals surface area (Å²) in [5.41, 5.74) is 0. The molecular formula is C12H25IN4O. The summed E-state index contributed by atoms with van der Waals surface area (Å²) >= 11 is 0. The SMILES string of the molecule is CN=C(NCCN1CCC1)N1CCC(O)CC1.I. The van der Waals surface area contributed by atoms with Crippen molar-refractivity contribution in [3.8, 4) is 0 Å². The van der Waals surface area contributed by atoms with Crippen LogP contribution < -0.4 is 5.32 Å². The molecule has 0 aromatic heterocycles. The van der Waals surface area contributed by atoms with Gasteiger partial charge in [-0.2, -0.15) is 0 Å². The summed E-state index contributed by atoms with van der Waals surface area (Å²) in [6, 6.07) is 0. The van der Waals surface area contributed by atoms with E-state index in [1.54, 1.807) is 0 Å². The molecule has 2 fully saturated rings. The Labute approximate surface area is 127 Å². The maximum atomic E-state index is 9.48. The summed E-state index contributed by atoms with van der Waals surface area (Å²) in [6.45, 7) is 6.38. The number of hydrogen-bond donors (Lipinski definition) is 2. The Kier molecular flexibility index (Phi) is 7.25. The fourth-order valence-corrected chi connectivity index (χ4v) is 2.34. The third-order valence-electron chi connectivity index (χ3n) is 3.64. The normalized spacial score (nSPS) is 22.3. The van der Waals surface area contributed by atoms with Crippen molar-refractivity contribution in [2.24, 2.45) is 4.99 Å². The lowest BCUT2D eigenvalue weighted by Crippen LogP contribution is -2.49. The van der Waals surface area contributed by atoms with Gasteiger partial charge in [-0.15, -0.1) is 24.0 Å². The molecule has 0 spiro atoms. The minimum atomic E-state index is -0.120. The van der Waals surface area contributed by atoms with Crippen LogP contribution in [0.5, 0.6) is 0 Å². The van der Waals surface area contributed by atoms with E-state index in [-0.39, 0.29) is 30.1 Å². The first-order valence-corrected chi connectivity index (χ1v) is 6.65. The van der Waals surface area contributed by atoms with Crippen LogP contribution in [0.4, 0.5) is 0 Å². The van der Waals surface area contributed by atoms with Crippen LogP contribution in [-0.4, -0.2) is 73.3 Å². The number of aliphatic hydroxyl groups excluding tert-OH is 1. The standard InChI is InChI=1S/C12H24N4O.HI/c1-13-12(14-5-10-15-6-2-7-15)16-8-3-11(17)4-9-16;/h11,17H,2-10H2,1H3,(H,13,14);1H. The zero-order chi connectivity index (χ0) is 12.1. The number of nitrogens with zero attached hydrogens (tertiary/aromatic N) is 3. The van der Waals surface area contributed by atoms with Crippen LogP contribution in [0.3, 0.4) is 0 Å². The summed E-state index contributed by atoms with van der Waals surface area (Å²) in [7, 11) is 1.83. The van der Waals surface area contributed by atoms with Gasteiger partial charge in [0.15, 0.2) is 5.96 Å². The lowest BCUT2D eigenvalue weighted by molar-refractivity contribution is 0.107. The molecule has 0 aliphatic carbocycles. The minimum Gasteiger partial charge on any atom is -0.393 e. The van der Waals surface area contributed by atoms with Crippen LogP contribution in [-0.2, 0) is 0 Å². The molecule has 0 aromatic rings. The fourth-order valence-electron chi connectivity index (χ4n) is 2.34. The molecule has 2 heterocycles. The summed E-state index contributed by atoms with van der Waals surface area (Å²) in [6.07, 6.45) is 2.93. The number of piperidine rings is 1. The number of aliphatic imine (C=N–C) groups is 1. The highest BCUT2D eigenvalue weighted by Crippen LogP contribution is 2.09. The van der Waals surface area contributed by atoms with Gasteiger partial charge in [0.1, 0.15) is 0 Å². The van der Waals surface area contributed by atoms with Gasteiger partial charge >= 0.3 is 0 Å². The third kappa shape index (κ3) is 4.55. The van der Waals surface area contributed by atoms with Crippen molar-refractivity contribution in [1.29, 1.82) is 0 Å². The molecule has 18 heavy (non-hydrogen) atoms. The first-order chi connectivity index (χ1) is 8.29. The first-order valence-electron chi connectivity index (χ1n) is 6.65. The zero-order valence-corrected chi connectivity index (χ0v) is 13.5. The van der Waals surface area contributed by atoms with Crippen molar-refractivity contribution in [3.63, 3.8) is 0 Å². The molecule has 0 radical (unpaired) electrons. The van der Waals surface area contributed by atoms with E-state index in [1.807, 2.05) is 7.05 Å². The Morgan fingerprint density at radius 3 is 2.44 bits per heavy atom. The molecule has 2 saturated heterocycles. The molecule has 5 nitrogen and oxygen atoms in total. The molecule has 106 valence electrons. The van der Waals surface area contributed by atoms with Gasteiger partial charge in [-0.05, 0) is 32.4 Å². The van der Waals surface area contributed by atoms with E-state index in [2.05, 4.69) is 20.1 Å². The van der Waals surface area contributed by atoms with Gasteiger partial charge in [-0.1, -0.05) is 0 Å². The average molecular weight is 368 g/mol. The van der Waals surface area contributed by atoms with Crippen LogP contribution in [0, 0.1) is 0 Å². The highest BCUT2D eigenvalue weighted by Gasteiger charge is 2.19. The van der Waals surface area contributed by atoms with Gasteiger partial charge < -0.3 is 20.2 Å². The Bertz CT molecular complexity index is 263. The molecule has 6 heteroatoms. The Balaban J connectivity index is 0.00000162. The lowest BCUT2D eigenvalue weighted by atomic mass is 10.1. The van der Waals surface area contributed by atoms with E-state index in [9.17, 15) is 5.11 Å². The van der Waals surface area contributed by atoms with Gasteiger partial charge in [0.05, 0.1) is 6.10 Å². The molecule has 0 bridgehead atoms. The first kappa shape index (κ1) is 16.0. The molecule has 0 unspecified atom stereocenters. The topological polar surface area (TPSA) is 51.1 Å². The maximum absolute atomic E-state index is 9.48. The second kappa shape index (κ2) is 8.16. The Hall–Kier alpha value is -0.0800. The van der Waals surface area contributed by atoms with Crippen LogP contribution >= 0.6 is 24.0 Å². The van der Waals surface area contributed by atoms with Crippen molar-refractivity contribution in [1.82, 2.24) is 15.1 Å². The van der Waals surface area contributed by atoms with Gasteiger partial charge in [0.25, 0.3) is 0 Å². The van der Waals surface area contributed by atoms with Crippen LogP contribution in [0.1, 0.15) is 19.3 Å². The highest BCUT2D eigenvalue weighted by molar-refractivity contribution is 14.0. The quantitative estimate of drug-likeness (QED) is 0.429. The maximum Gasteiger partial charge on any atom is 0.193 e. The monoisotopic (exact) mass is 368 g/mol. The molecule has 2 aliphatic heterocycles. The number of guanidine groups is 1. The van der Waals surface area contributed by atoms with Crippen LogP contribution in [0.25, 0.3) is 0 Å². The molecule has 0 aromatic carbocycles. The largest absolute Gasteiger partial charge is 0.393 e. The molecule has 0 atom stereocenters. The molecule has 0 saturated carbocycles. The van der Waals surface area contributed by atoms with Gasteiger partial charge in [0, 0.05) is 33.2 Å². The molecular weight excluding hydrogens is 343 g/mol. The van der Waals surface area contributed by atoms with Crippen LogP contribution in [0.2, 0.25) is 0 Å². The van der Waals surface area contributed by atoms with Crippen molar-refractivity contribution < 1.29 is 5.11 Å². The smallest absolute Gasteiger partial charge is 0.193 e. The predicted octanol–water partition coefficient (Wildman–Crippen LogP) is 0.342. The van der Waals surface area contributed by atoms with E-state index in [4.69, 9.17) is 0 Å². The molecule has 2 N–H and O–H groups in total. The summed E-state index contributed by atoms with van der Waals surface area (Å²) in [5, 5.41) is 12.9. The molecule has 2 rings (SSSR count). The van der Waals surface area contributed by atoms with E-state index in [0.717, 1.165) is 45.0 Å². The average Bonchev–Trinajstić information content (AvgIpc) is 2.29. The van der Waals surface area contributed by atoms with Gasteiger partial charge in [0.2, 0.25) is 0 Å². The molecule has 2 aliphatic rings. The number of likely N-dealkylation sites (tertiary alicyclic amines) is 2. The van der Waals surface area contributed by atoms with Crippen molar-refractivity contribution in [3.05, 3.63) is 0 Å². The number of rotatable bonds is 3.